The number of hydrogen-bond donors (Lipinski definition) is 3. The van der Waals surface area contributed by atoms with E-state index < -0.39 is 5.54 Å². The van der Waals surface area contributed by atoms with E-state index in [2.05, 4.69) is 25.8 Å². The van der Waals surface area contributed by atoms with E-state index in [1.54, 1.807) is 0 Å². The first kappa shape index (κ1) is 12.0. The van der Waals surface area contributed by atoms with Gasteiger partial charge in [0.05, 0.1) is 11.6 Å². The van der Waals surface area contributed by atoms with Crippen LogP contribution in [0.15, 0.2) is 6.33 Å². The summed E-state index contributed by atoms with van der Waals surface area (Å²) >= 11 is 0. The fraction of sp³-hybridized carbons (Fsp3) is 0.727. The molecular formula is C11H19N5O. The zero-order valence-corrected chi connectivity index (χ0v) is 10.3. The Bertz CT molecular complexity index is 369. The second kappa shape index (κ2) is 4.83. The summed E-state index contributed by atoms with van der Waals surface area (Å²) in [5.74, 6) is 0.740. The third-order valence-corrected chi connectivity index (χ3v) is 3.47. The molecule has 6 nitrogen and oxygen atoms in total. The monoisotopic (exact) mass is 237 g/mol. The molecular weight excluding hydrogens is 218 g/mol. The summed E-state index contributed by atoms with van der Waals surface area (Å²) in [6.45, 7) is 4.85. The van der Waals surface area contributed by atoms with Crippen LogP contribution in [0.1, 0.15) is 45.0 Å². The average molecular weight is 237 g/mol. The van der Waals surface area contributed by atoms with Crippen LogP contribution in [-0.2, 0) is 4.79 Å². The van der Waals surface area contributed by atoms with Crippen LogP contribution < -0.4 is 10.6 Å². The van der Waals surface area contributed by atoms with Crippen LogP contribution in [0.25, 0.3) is 0 Å². The number of carbonyl (C=O) groups is 1. The molecule has 1 aromatic heterocycles. The molecule has 6 heteroatoms. The van der Waals surface area contributed by atoms with Gasteiger partial charge >= 0.3 is 0 Å². The van der Waals surface area contributed by atoms with Crippen molar-refractivity contribution >= 4 is 5.91 Å². The highest BCUT2D eigenvalue weighted by atomic mass is 16.2. The number of nitrogens with zero attached hydrogens (tertiary/aromatic N) is 2. The highest BCUT2D eigenvalue weighted by Gasteiger charge is 2.39. The molecule has 2 heterocycles. The lowest BCUT2D eigenvalue weighted by Gasteiger charge is -2.28. The third-order valence-electron chi connectivity index (χ3n) is 3.47. The minimum Gasteiger partial charge on any atom is -0.345 e. The molecule has 0 aromatic carbocycles. The summed E-state index contributed by atoms with van der Waals surface area (Å²) in [5.41, 5.74) is -0.395. The van der Waals surface area contributed by atoms with Gasteiger partial charge in [0.2, 0.25) is 5.91 Å². The van der Waals surface area contributed by atoms with Crippen molar-refractivity contribution in [1.82, 2.24) is 25.8 Å². The molecule has 2 unspecified atom stereocenters. The number of carbonyl (C=O) groups excluding carboxylic acids is 1. The van der Waals surface area contributed by atoms with E-state index in [-0.39, 0.29) is 11.9 Å². The van der Waals surface area contributed by atoms with E-state index >= 15 is 0 Å². The zero-order chi connectivity index (χ0) is 12.3. The average Bonchev–Trinajstić information content (AvgIpc) is 3.01. The van der Waals surface area contributed by atoms with Crippen molar-refractivity contribution in [3.63, 3.8) is 0 Å². The first-order valence-corrected chi connectivity index (χ1v) is 6.09. The Balaban J connectivity index is 2.01. The lowest BCUT2D eigenvalue weighted by molar-refractivity contribution is -0.128. The number of H-pyrrole nitrogens is 1. The molecule has 1 fully saturated rings. The van der Waals surface area contributed by atoms with Gasteiger partial charge in [0.15, 0.2) is 0 Å². The van der Waals surface area contributed by atoms with Gasteiger partial charge in [-0.05, 0) is 32.7 Å². The summed E-state index contributed by atoms with van der Waals surface area (Å²) in [6.07, 6.45) is 4.21. The second-order valence-corrected chi connectivity index (χ2v) is 4.53. The number of nitrogens with one attached hydrogen (secondary N) is 3. The van der Waals surface area contributed by atoms with Gasteiger partial charge in [-0.15, -0.1) is 0 Å². The molecule has 3 N–H and O–H groups in total. The van der Waals surface area contributed by atoms with Crippen LogP contribution in [0.3, 0.4) is 0 Å². The molecule has 0 bridgehead atoms. The van der Waals surface area contributed by atoms with Gasteiger partial charge in [-0.25, -0.2) is 4.98 Å². The summed E-state index contributed by atoms with van der Waals surface area (Å²) in [7, 11) is 0. The van der Waals surface area contributed by atoms with E-state index in [1.807, 2.05) is 13.8 Å². The number of rotatable bonds is 4. The van der Waals surface area contributed by atoms with Crippen LogP contribution >= 0.6 is 0 Å². The predicted molar refractivity (Wildman–Crippen MR) is 63.2 cm³/mol. The van der Waals surface area contributed by atoms with E-state index in [1.165, 1.54) is 6.33 Å². The van der Waals surface area contributed by atoms with E-state index in [9.17, 15) is 4.79 Å². The van der Waals surface area contributed by atoms with Gasteiger partial charge < -0.3 is 10.6 Å². The largest absolute Gasteiger partial charge is 0.345 e. The molecule has 2 atom stereocenters. The summed E-state index contributed by atoms with van der Waals surface area (Å²) in [6, 6.07) is -0.143. The summed E-state index contributed by atoms with van der Waals surface area (Å²) < 4.78 is 0. The Morgan fingerprint density at radius 3 is 3.06 bits per heavy atom. The first-order chi connectivity index (χ1) is 8.18. The third kappa shape index (κ3) is 2.31. The standard InChI is InChI=1S/C11H19N5O/c1-3-11(5-4-6-13-11)10(17)15-8(2)9-12-7-14-16-9/h7-8,13H,3-6H2,1-2H3,(H,15,17)(H,12,14,16). The van der Waals surface area contributed by atoms with Crippen molar-refractivity contribution in [2.45, 2.75) is 44.7 Å². The van der Waals surface area contributed by atoms with Crippen LogP contribution in [0, 0.1) is 0 Å². The Kier molecular flexibility index (Phi) is 3.42. The molecule has 1 aliphatic heterocycles. The Hall–Kier alpha value is -1.43. The maximum absolute atomic E-state index is 12.3. The van der Waals surface area contributed by atoms with Gasteiger partial charge in [-0.3, -0.25) is 9.89 Å². The molecule has 1 aromatic rings. The molecule has 2 rings (SSSR count). The highest BCUT2D eigenvalue weighted by Crippen LogP contribution is 2.24. The van der Waals surface area contributed by atoms with Gasteiger partial charge in [-0.1, -0.05) is 6.92 Å². The molecule has 0 saturated carbocycles. The van der Waals surface area contributed by atoms with E-state index in [0.717, 1.165) is 25.8 Å². The van der Waals surface area contributed by atoms with Crippen molar-refractivity contribution in [3.05, 3.63) is 12.2 Å². The van der Waals surface area contributed by atoms with Gasteiger partial charge in [0, 0.05) is 0 Å². The number of aromatic nitrogens is 3. The van der Waals surface area contributed by atoms with Crippen molar-refractivity contribution in [2.75, 3.05) is 6.54 Å². The second-order valence-electron chi connectivity index (χ2n) is 4.53. The Morgan fingerprint density at radius 1 is 1.71 bits per heavy atom. The number of amides is 1. The van der Waals surface area contributed by atoms with Crippen molar-refractivity contribution in [1.29, 1.82) is 0 Å². The molecule has 0 radical (unpaired) electrons. The first-order valence-electron chi connectivity index (χ1n) is 6.09. The molecule has 1 aliphatic rings. The summed E-state index contributed by atoms with van der Waals surface area (Å²) in [5, 5.41) is 12.8. The fourth-order valence-corrected chi connectivity index (χ4v) is 2.29. The SMILES string of the molecule is CCC1(C(=O)NC(C)c2ncn[nH]2)CCCN1. The van der Waals surface area contributed by atoms with Crippen LogP contribution in [0.5, 0.6) is 0 Å². The predicted octanol–water partition coefficient (Wildman–Crippen LogP) is 0.514. The highest BCUT2D eigenvalue weighted by molar-refractivity contribution is 5.86. The fourth-order valence-electron chi connectivity index (χ4n) is 2.29. The normalized spacial score (nSPS) is 25.8. The van der Waals surface area contributed by atoms with Crippen LogP contribution in [0.4, 0.5) is 0 Å². The number of aromatic amines is 1. The Labute approximate surface area is 101 Å². The maximum atomic E-state index is 12.3. The van der Waals surface area contributed by atoms with E-state index in [0.29, 0.717) is 5.82 Å². The molecule has 94 valence electrons. The minimum atomic E-state index is -0.395. The smallest absolute Gasteiger partial charge is 0.240 e. The quantitative estimate of drug-likeness (QED) is 0.712. The lowest BCUT2D eigenvalue weighted by Crippen LogP contribution is -2.53. The molecule has 1 saturated heterocycles. The summed E-state index contributed by atoms with van der Waals surface area (Å²) in [4.78, 5) is 16.3. The van der Waals surface area contributed by atoms with Crippen molar-refractivity contribution in [2.24, 2.45) is 0 Å². The minimum absolute atomic E-state index is 0.0569. The maximum Gasteiger partial charge on any atom is 0.240 e. The Morgan fingerprint density at radius 2 is 2.53 bits per heavy atom. The number of hydrogen-bond acceptors (Lipinski definition) is 4. The molecule has 0 aliphatic carbocycles. The van der Waals surface area contributed by atoms with E-state index in [4.69, 9.17) is 0 Å². The topological polar surface area (TPSA) is 82.7 Å². The van der Waals surface area contributed by atoms with Gasteiger partial charge in [-0.2, -0.15) is 5.10 Å². The van der Waals surface area contributed by atoms with Crippen LogP contribution in [-0.4, -0.2) is 33.2 Å². The molecule has 0 spiro atoms. The van der Waals surface area contributed by atoms with Gasteiger partial charge in [0.1, 0.15) is 12.2 Å². The zero-order valence-electron chi connectivity index (χ0n) is 10.3. The van der Waals surface area contributed by atoms with Crippen molar-refractivity contribution in [3.8, 4) is 0 Å². The molecule has 1 amide bonds. The van der Waals surface area contributed by atoms with Gasteiger partial charge in [0.25, 0.3) is 0 Å². The van der Waals surface area contributed by atoms with Crippen molar-refractivity contribution < 1.29 is 4.79 Å². The molecule has 17 heavy (non-hydrogen) atoms. The lowest BCUT2D eigenvalue weighted by atomic mass is 9.93. The van der Waals surface area contributed by atoms with Crippen LogP contribution in [0.2, 0.25) is 0 Å².